The van der Waals surface area contributed by atoms with Crippen LogP contribution < -0.4 is 0 Å². The molecule has 3 unspecified atom stereocenters. The molecule has 2 heterocycles. The van der Waals surface area contributed by atoms with E-state index in [-0.39, 0.29) is 33.5 Å². The van der Waals surface area contributed by atoms with Crippen LogP contribution in [0.25, 0.3) is 16.7 Å². The predicted molar refractivity (Wildman–Crippen MR) is 128 cm³/mol. The Balaban J connectivity index is 1.71. The van der Waals surface area contributed by atoms with E-state index in [1.54, 1.807) is 19.1 Å². The van der Waals surface area contributed by atoms with E-state index >= 15 is 0 Å². The Hall–Kier alpha value is -3.76. The molecular formula is C26H20ClF3N2O5. The number of Topliss-reactive ketones (excluding diaryl/α,β-unsaturated/α-hetero) is 1. The lowest BCUT2D eigenvalue weighted by Gasteiger charge is -2.34. The summed E-state index contributed by atoms with van der Waals surface area (Å²) in [6, 6.07) is 6.99. The molecule has 11 heteroatoms. The lowest BCUT2D eigenvalue weighted by Crippen LogP contribution is -2.46. The second kappa shape index (κ2) is 9.60. The maximum atomic E-state index is 14.4. The number of carbonyl (C=O) groups is 2. The Kier molecular flexibility index (Phi) is 6.83. The molecule has 0 fully saturated rings. The van der Waals surface area contributed by atoms with Gasteiger partial charge in [-0.05, 0) is 29.3 Å². The standard InChI is InChI=1S/C26H20ClF3N2O5/c1-13-4-3-5-18(22(13)33)23-32-12-21(37-23)25(36,26(28,29)30)14(2)17-8-6-15(10-19(17)27)16-7-9-20(24(34)35)31-11-16/h3-14,36H,1-2H3,(H,34,35). The Labute approximate surface area is 213 Å². The van der Waals surface area contributed by atoms with Gasteiger partial charge < -0.3 is 14.6 Å². The first kappa shape index (κ1) is 26.3. The molecule has 2 aromatic heterocycles. The van der Waals surface area contributed by atoms with Crippen molar-refractivity contribution in [2.24, 2.45) is 5.92 Å². The van der Waals surface area contributed by atoms with E-state index in [1.807, 2.05) is 0 Å². The second-order valence-corrected chi connectivity index (χ2v) is 9.01. The molecular weight excluding hydrogens is 513 g/mol. The number of aliphatic hydroxyl groups is 1. The normalized spacial score (nSPS) is 18.3. The molecule has 192 valence electrons. The third-order valence-electron chi connectivity index (χ3n) is 6.30. The molecule has 0 saturated heterocycles. The summed E-state index contributed by atoms with van der Waals surface area (Å²) in [4.78, 5) is 31.1. The number of benzene rings is 1. The molecule has 0 amide bonds. The van der Waals surface area contributed by atoms with E-state index in [1.165, 1.54) is 42.6 Å². The molecule has 0 saturated carbocycles. The van der Waals surface area contributed by atoms with Gasteiger partial charge in [0.1, 0.15) is 5.69 Å². The third kappa shape index (κ3) is 4.70. The summed E-state index contributed by atoms with van der Waals surface area (Å²) in [6.07, 6.45) is 1.47. The molecule has 4 rings (SSSR count). The van der Waals surface area contributed by atoms with Crippen molar-refractivity contribution in [1.29, 1.82) is 0 Å². The summed E-state index contributed by atoms with van der Waals surface area (Å²) in [5.74, 6) is -4.92. The summed E-state index contributed by atoms with van der Waals surface area (Å²) in [5, 5.41) is 20.0. The van der Waals surface area contributed by atoms with Crippen LogP contribution in [0.1, 0.15) is 47.5 Å². The van der Waals surface area contributed by atoms with E-state index in [4.69, 9.17) is 21.1 Å². The van der Waals surface area contributed by atoms with E-state index < -0.39 is 35.3 Å². The van der Waals surface area contributed by atoms with Gasteiger partial charge in [-0.2, -0.15) is 13.2 Å². The molecule has 1 aromatic carbocycles. The number of aromatic nitrogens is 2. The minimum absolute atomic E-state index is 0.00309. The summed E-state index contributed by atoms with van der Waals surface area (Å²) >= 11 is 6.36. The van der Waals surface area contributed by atoms with Gasteiger partial charge in [-0.15, -0.1) is 0 Å². The first-order valence-electron chi connectivity index (χ1n) is 11.0. The fourth-order valence-corrected chi connectivity index (χ4v) is 4.40. The molecule has 3 aromatic rings. The van der Waals surface area contributed by atoms with Crippen molar-refractivity contribution in [2.75, 3.05) is 0 Å². The molecule has 7 nitrogen and oxygen atoms in total. The number of ketones is 1. The SMILES string of the molecule is CC1C=CC=C(c2ncc(C(O)(C(C)c3ccc(-c4ccc(C(=O)O)nc4)cc3Cl)C(F)(F)F)o2)C1=O. The molecule has 3 atom stereocenters. The number of alkyl halides is 3. The summed E-state index contributed by atoms with van der Waals surface area (Å²) < 4.78 is 48.4. The topological polar surface area (TPSA) is 114 Å². The minimum atomic E-state index is -5.19. The van der Waals surface area contributed by atoms with Crippen molar-refractivity contribution in [2.45, 2.75) is 31.5 Å². The highest BCUT2D eigenvalue weighted by atomic mass is 35.5. The fraction of sp³-hybridized carbons (Fsp3) is 0.231. The van der Waals surface area contributed by atoms with Crippen LogP contribution >= 0.6 is 11.6 Å². The quantitative estimate of drug-likeness (QED) is 0.412. The number of carboxylic acid groups (broad SMARTS) is 1. The van der Waals surface area contributed by atoms with Crippen molar-refractivity contribution < 1.29 is 37.4 Å². The zero-order valence-corrected chi connectivity index (χ0v) is 20.2. The Morgan fingerprint density at radius 1 is 1.14 bits per heavy atom. The zero-order chi connectivity index (χ0) is 27.1. The lowest BCUT2D eigenvalue weighted by atomic mass is 9.80. The average molecular weight is 533 g/mol. The lowest BCUT2D eigenvalue weighted by molar-refractivity contribution is -0.280. The van der Waals surface area contributed by atoms with Crippen LogP contribution in [-0.4, -0.2) is 38.1 Å². The van der Waals surface area contributed by atoms with Crippen LogP contribution in [0.15, 0.2) is 65.4 Å². The van der Waals surface area contributed by atoms with Gasteiger partial charge in [-0.3, -0.25) is 4.79 Å². The molecule has 2 N–H and O–H groups in total. The van der Waals surface area contributed by atoms with Gasteiger partial charge in [0.2, 0.25) is 11.5 Å². The summed E-state index contributed by atoms with van der Waals surface area (Å²) in [7, 11) is 0. The number of aromatic carboxylic acids is 1. The van der Waals surface area contributed by atoms with Crippen molar-refractivity contribution in [3.8, 4) is 11.1 Å². The number of allylic oxidation sites excluding steroid dienone is 4. The monoisotopic (exact) mass is 532 g/mol. The molecule has 37 heavy (non-hydrogen) atoms. The van der Waals surface area contributed by atoms with Crippen molar-refractivity contribution in [1.82, 2.24) is 9.97 Å². The number of rotatable bonds is 6. The van der Waals surface area contributed by atoms with E-state index in [0.29, 0.717) is 11.1 Å². The van der Waals surface area contributed by atoms with Crippen LogP contribution in [0.4, 0.5) is 13.2 Å². The molecule has 0 spiro atoms. The van der Waals surface area contributed by atoms with Gasteiger partial charge >= 0.3 is 12.1 Å². The third-order valence-corrected chi connectivity index (χ3v) is 6.62. The van der Waals surface area contributed by atoms with E-state index in [0.717, 1.165) is 13.1 Å². The van der Waals surface area contributed by atoms with Gasteiger partial charge in [0.15, 0.2) is 11.5 Å². The Morgan fingerprint density at radius 3 is 2.43 bits per heavy atom. The molecule has 0 radical (unpaired) electrons. The number of hydrogen-bond acceptors (Lipinski definition) is 6. The maximum Gasteiger partial charge on any atom is 0.425 e. The maximum absolute atomic E-state index is 14.4. The summed E-state index contributed by atoms with van der Waals surface area (Å²) in [6.45, 7) is 2.78. The van der Waals surface area contributed by atoms with Crippen molar-refractivity contribution in [3.05, 3.63) is 88.9 Å². The molecule has 1 aliphatic carbocycles. The summed E-state index contributed by atoms with van der Waals surface area (Å²) in [5.41, 5.74) is -2.74. The molecule has 1 aliphatic rings. The number of nitrogens with zero attached hydrogens (tertiary/aromatic N) is 2. The highest BCUT2D eigenvalue weighted by Gasteiger charge is 2.61. The fourth-order valence-electron chi connectivity index (χ4n) is 4.06. The van der Waals surface area contributed by atoms with Crippen molar-refractivity contribution in [3.63, 3.8) is 0 Å². The molecule has 0 bridgehead atoms. The van der Waals surface area contributed by atoms with Crippen LogP contribution in [0, 0.1) is 5.92 Å². The van der Waals surface area contributed by atoms with Gasteiger partial charge in [0, 0.05) is 28.6 Å². The van der Waals surface area contributed by atoms with E-state index in [2.05, 4.69) is 9.97 Å². The highest BCUT2D eigenvalue weighted by molar-refractivity contribution is 6.31. The van der Waals surface area contributed by atoms with Crippen molar-refractivity contribution >= 4 is 28.9 Å². The van der Waals surface area contributed by atoms with Crippen LogP contribution in [0.2, 0.25) is 5.02 Å². The number of carboxylic acids is 1. The predicted octanol–water partition coefficient (Wildman–Crippen LogP) is 5.80. The number of hydrogen-bond donors (Lipinski definition) is 2. The zero-order valence-electron chi connectivity index (χ0n) is 19.5. The largest absolute Gasteiger partial charge is 0.477 e. The Morgan fingerprint density at radius 2 is 1.84 bits per heavy atom. The first-order valence-corrected chi connectivity index (χ1v) is 11.4. The number of pyridine rings is 1. The van der Waals surface area contributed by atoms with E-state index in [9.17, 15) is 27.9 Å². The van der Waals surface area contributed by atoms with Gasteiger partial charge in [0.05, 0.1) is 11.8 Å². The van der Waals surface area contributed by atoms with Gasteiger partial charge in [0.25, 0.3) is 0 Å². The average Bonchev–Trinajstić information content (AvgIpc) is 3.34. The number of carbonyl (C=O) groups excluding carboxylic acids is 1. The van der Waals surface area contributed by atoms with Gasteiger partial charge in [-0.1, -0.05) is 55.8 Å². The molecule has 0 aliphatic heterocycles. The Bertz CT molecular complexity index is 1430. The number of oxazole rings is 1. The van der Waals surface area contributed by atoms with Crippen LogP contribution in [-0.2, 0) is 10.4 Å². The van der Waals surface area contributed by atoms with Crippen LogP contribution in [0.5, 0.6) is 0 Å². The second-order valence-electron chi connectivity index (χ2n) is 8.61. The smallest absolute Gasteiger partial charge is 0.425 e. The highest BCUT2D eigenvalue weighted by Crippen LogP contribution is 2.50. The first-order chi connectivity index (χ1) is 17.3. The minimum Gasteiger partial charge on any atom is -0.477 e. The number of halogens is 4. The van der Waals surface area contributed by atoms with Gasteiger partial charge in [-0.25, -0.2) is 14.8 Å². The van der Waals surface area contributed by atoms with Crippen LogP contribution in [0.3, 0.4) is 0 Å².